The number of esters is 1. The van der Waals surface area contributed by atoms with E-state index in [-0.39, 0.29) is 16.2 Å². The number of carbonyl (C=O) groups is 1. The van der Waals surface area contributed by atoms with Crippen molar-refractivity contribution in [1.82, 2.24) is 14.5 Å². The number of benzene rings is 2. The van der Waals surface area contributed by atoms with Crippen LogP contribution in [0.1, 0.15) is 33.8 Å². The number of pyridine rings is 1. The minimum Gasteiger partial charge on any atom is -0.484 e. The summed E-state index contributed by atoms with van der Waals surface area (Å²) in [5, 5.41) is 0.603. The van der Waals surface area contributed by atoms with Crippen LogP contribution < -0.4 is 4.74 Å². The summed E-state index contributed by atoms with van der Waals surface area (Å²) in [4.78, 5) is 21.2. The van der Waals surface area contributed by atoms with Gasteiger partial charge in [-0.3, -0.25) is 9.55 Å². The van der Waals surface area contributed by atoms with Crippen LogP contribution in [-0.4, -0.2) is 27.6 Å². The zero-order valence-corrected chi connectivity index (χ0v) is 20.5. The van der Waals surface area contributed by atoms with Gasteiger partial charge >= 0.3 is 12.1 Å². The summed E-state index contributed by atoms with van der Waals surface area (Å²) in [5.74, 6) is -0.515. The monoisotopic (exact) mass is 523 g/mol. The number of nitrogens with zero attached hydrogens (tertiary/aromatic N) is 3. The molecule has 37 heavy (non-hydrogen) atoms. The summed E-state index contributed by atoms with van der Waals surface area (Å²) in [6.45, 7) is 1.51. The highest BCUT2D eigenvalue weighted by Gasteiger charge is 2.35. The standard InChI is InChI=1S/C27H20F3N3O3S/c1-16(19-5-3-4-6-20(19)27(28,29)30)36-23-14-24(37-25(23)26(34)35-2)33-15-32-21-13-18(7-8-22(21)33)17-9-11-31-12-10-17/h3-16H,1-2H3. The number of methoxy groups -OCH3 is 1. The molecule has 0 bridgehead atoms. The van der Waals surface area contributed by atoms with Crippen LogP contribution >= 0.6 is 11.3 Å². The molecule has 0 aliphatic heterocycles. The van der Waals surface area contributed by atoms with Gasteiger partial charge in [0, 0.05) is 24.0 Å². The van der Waals surface area contributed by atoms with Crippen LogP contribution in [0.3, 0.4) is 0 Å². The first-order valence-electron chi connectivity index (χ1n) is 11.2. The molecular weight excluding hydrogens is 503 g/mol. The Balaban J connectivity index is 1.52. The van der Waals surface area contributed by atoms with E-state index in [4.69, 9.17) is 9.47 Å². The fourth-order valence-electron chi connectivity index (χ4n) is 4.08. The predicted molar refractivity (Wildman–Crippen MR) is 134 cm³/mol. The molecule has 5 rings (SSSR count). The van der Waals surface area contributed by atoms with Crippen molar-refractivity contribution < 1.29 is 27.4 Å². The summed E-state index contributed by atoms with van der Waals surface area (Å²) in [5.41, 5.74) is 2.68. The Kier molecular flexibility index (Phi) is 6.43. The molecule has 6 nitrogen and oxygen atoms in total. The molecule has 0 amide bonds. The van der Waals surface area contributed by atoms with Gasteiger partial charge in [-0.15, -0.1) is 11.3 Å². The van der Waals surface area contributed by atoms with Crippen molar-refractivity contribution in [3.63, 3.8) is 0 Å². The van der Waals surface area contributed by atoms with E-state index in [0.29, 0.717) is 5.00 Å². The number of rotatable bonds is 6. The largest absolute Gasteiger partial charge is 0.484 e. The van der Waals surface area contributed by atoms with Crippen molar-refractivity contribution >= 4 is 28.3 Å². The van der Waals surface area contributed by atoms with Gasteiger partial charge in [0.2, 0.25) is 0 Å². The van der Waals surface area contributed by atoms with Gasteiger partial charge in [0.1, 0.15) is 23.2 Å². The van der Waals surface area contributed by atoms with E-state index in [1.54, 1.807) is 29.4 Å². The second kappa shape index (κ2) is 9.70. The van der Waals surface area contributed by atoms with Crippen molar-refractivity contribution in [3.05, 3.63) is 95.4 Å². The molecule has 10 heteroatoms. The van der Waals surface area contributed by atoms with E-state index in [1.807, 2.05) is 30.3 Å². The summed E-state index contributed by atoms with van der Waals surface area (Å²) in [7, 11) is 1.24. The van der Waals surface area contributed by atoms with Crippen LogP contribution in [0.2, 0.25) is 0 Å². The van der Waals surface area contributed by atoms with Gasteiger partial charge in [0.15, 0.2) is 4.88 Å². The molecule has 5 aromatic rings. The van der Waals surface area contributed by atoms with E-state index in [0.717, 1.165) is 39.6 Å². The molecule has 0 aliphatic carbocycles. The van der Waals surface area contributed by atoms with Crippen LogP contribution in [0.25, 0.3) is 27.2 Å². The Morgan fingerprint density at radius 3 is 2.51 bits per heavy atom. The molecular formula is C27H20F3N3O3S. The van der Waals surface area contributed by atoms with Gasteiger partial charge in [0.25, 0.3) is 0 Å². The van der Waals surface area contributed by atoms with Crippen LogP contribution in [0, 0.1) is 0 Å². The maximum Gasteiger partial charge on any atom is 0.416 e. The molecule has 0 N–H and O–H groups in total. The first-order chi connectivity index (χ1) is 17.8. The number of fused-ring (bicyclic) bond motifs is 1. The molecule has 0 aliphatic rings. The lowest BCUT2D eigenvalue weighted by molar-refractivity contribution is -0.139. The van der Waals surface area contributed by atoms with Crippen LogP contribution in [0.5, 0.6) is 5.75 Å². The quantitative estimate of drug-likeness (QED) is 0.222. The fraction of sp³-hybridized carbons (Fsp3) is 0.148. The lowest BCUT2D eigenvalue weighted by atomic mass is 10.0. The molecule has 3 aromatic heterocycles. The fourth-order valence-corrected chi connectivity index (χ4v) is 5.07. The third kappa shape index (κ3) is 4.79. The van der Waals surface area contributed by atoms with Gasteiger partial charge in [-0.2, -0.15) is 13.2 Å². The van der Waals surface area contributed by atoms with Crippen molar-refractivity contribution in [1.29, 1.82) is 0 Å². The number of hydrogen-bond donors (Lipinski definition) is 0. The normalized spacial score (nSPS) is 12.5. The molecule has 0 fully saturated rings. The molecule has 2 aromatic carbocycles. The zero-order valence-electron chi connectivity index (χ0n) is 19.7. The lowest BCUT2D eigenvalue weighted by Crippen LogP contribution is -2.14. The van der Waals surface area contributed by atoms with E-state index >= 15 is 0 Å². The Labute approximate surface area is 213 Å². The van der Waals surface area contributed by atoms with Crippen molar-refractivity contribution in [2.24, 2.45) is 0 Å². The molecule has 3 heterocycles. The van der Waals surface area contributed by atoms with E-state index in [1.165, 1.54) is 32.2 Å². The van der Waals surface area contributed by atoms with Crippen molar-refractivity contribution in [2.75, 3.05) is 7.11 Å². The van der Waals surface area contributed by atoms with E-state index in [9.17, 15) is 18.0 Å². The van der Waals surface area contributed by atoms with Crippen LogP contribution in [0.15, 0.2) is 79.4 Å². The van der Waals surface area contributed by atoms with Crippen LogP contribution in [0.4, 0.5) is 13.2 Å². The average molecular weight is 524 g/mol. The summed E-state index contributed by atoms with van der Waals surface area (Å²) < 4.78 is 53.3. The molecule has 0 spiro atoms. The highest BCUT2D eigenvalue weighted by molar-refractivity contribution is 7.16. The topological polar surface area (TPSA) is 66.2 Å². The Hall–Kier alpha value is -4.18. The number of ether oxygens (including phenoxy) is 2. The number of imidazole rings is 1. The zero-order chi connectivity index (χ0) is 26.2. The SMILES string of the molecule is COC(=O)c1sc(-n2cnc3cc(-c4ccncc4)ccc32)cc1OC(C)c1ccccc1C(F)(F)F. The van der Waals surface area contributed by atoms with E-state index in [2.05, 4.69) is 9.97 Å². The highest BCUT2D eigenvalue weighted by Crippen LogP contribution is 2.40. The Bertz CT molecular complexity index is 1580. The first-order valence-corrected chi connectivity index (χ1v) is 12.0. The number of halogens is 3. The number of alkyl halides is 3. The second-order valence-electron chi connectivity index (χ2n) is 8.17. The number of thiophene rings is 1. The minimum atomic E-state index is -4.54. The number of aromatic nitrogens is 3. The Morgan fingerprint density at radius 1 is 1.03 bits per heavy atom. The minimum absolute atomic E-state index is 0.0321. The maximum atomic E-state index is 13.5. The number of hydrogen-bond acceptors (Lipinski definition) is 6. The van der Waals surface area contributed by atoms with Gasteiger partial charge in [-0.05, 0) is 48.4 Å². The summed E-state index contributed by atoms with van der Waals surface area (Å²) in [6.07, 6.45) is -0.461. The molecule has 188 valence electrons. The summed E-state index contributed by atoms with van der Waals surface area (Å²) >= 11 is 1.11. The molecule has 0 saturated carbocycles. The third-order valence-electron chi connectivity index (χ3n) is 5.86. The maximum absolute atomic E-state index is 13.5. The average Bonchev–Trinajstić information content (AvgIpc) is 3.52. The third-order valence-corrected chi connectivity index (χ3v) is 6.96. The molecule has 0 saturated heterocycles. The molecule has 1 atom stereocenters. The smallest absolute Gasteiger partial charge is 0.416 e. The lowest BCUT2D eigenvalue weighted by Gasteiger charge is -2.19. The van der Waals surface area contributed by atoms with Gasteiger partial charge < -0.3 is 9.47 Å². The first kappa shape index (κ1) is 24.5. The Morgan fingerprint density at radius 2 is 1.78 bits per heavy atom. The van der Waals surface area contributed by atoms with Crippen molar-refractivity contribution in [2.45, 2.75) is 19.2 Å². The van der Waals surface area contributed by atoms with Crippen LogP contribution in [-0.2, 0) is 10.9 Å². The van der Waals surface area contributed by atoms with Gasteiger partial charge in [-0.25, -0.2) is 9.78 Å². The highest BCUT2D eigenvalue weighted by atomic mass is 32.1. The predicted octanol–water partition coefficient (Wildman–Crippen LogP) is 7.09. The van der Waals surface area contributed by atoms with Gasteiger partial charge in [-0.1, -0.05) is 24.3 Å². The van der Waals surface area contributed by atoms with E-state index < -0.39 is 23.8 Å². The molecule has 0 radical (unpaired) electrons. The van der Waals surface area contributed by atoms with Crippen molar-refractivity contribution in [3.8, 4) is 21.9 Å². The molecule has 1 unspecified atom stereocenters. The second-order valence-corrected chi connectivity index (χ2v) is 9.20. The number of carbonyl (C=O) groups excluding carboxylic acids is 1. The summed E-state index contributed by atoms with van der Waals surface area (Å²) in [6, 6.07) is 16.5. The van der Waals surface area contributed by atoms with Gasteiger partial charge in [0.05, 0.1) is 23.7 Å².